The molecule has 3 aromatic carbocycles. The summed E-state index contributed by atoms with van der Waals surface area (Å²) in [5.74, 6) is -2.03. The van der Waals surface area contributed by atoms with E-state index in [1.807, 2.05) is 19.1 Å². The predicted octanol–water partition coefficient (Wildman–Crippen LogP) is 8.11. The molecule has 21 nitrogen and oxygen atoms in total. The van der Waals surface area contributed by atoms with Crippen molar-refractivity contribution in [1.29, 1.82) is 0 Å². The molecular formula is C64H75N5O16S. The van der Waals surface area contributed by atoms with Crippen LogP contribution in [0.1, 0.15) is 129 Å². The first-order valence-electron chi connectivity index (χ1n) is 30.1. The number of likely N-dealkylation sites (tertiary alicyclic amines) is 3. The number of esters is 2. The van der Waals surface area contributed by atoms with Gasteiger partial charge in [0, 0.05) is 79.3 Å². The minimum atomic E-state index is -1.87. The van der Waals surface area contributed by atoms with Crippen molar-refractivity contribution in [2.45, 2.75) is 134 Å². The summed E-state index contributed by atoms with van der Waals surface area (Å²) in [6, 6.07) is 16.6. The van der Waals surface area contributed by atoms with E-state index in [-0.39, 0.29) is 123 Å². The van der Waals surface area contributed by atoms with Crippen molar-refractivity contribution in [3.63, 3.8) is 0 Å². The summed E-state index contributed by atoms with van der Waals surface area (Å²) in [5, 5.41) is 30.7. The number of rotatable bonds is 26. The summed E-state index contributed by atoms with van der Waals surface area (Å²) >= 11 is 1.34. The van der Waals surface area contributed by atoms with Crippen LogP contribution in [0.2, 0.25) is 0 Å². The number of fused-ring (bicyclic) bond motifs is 5. The number of carbonyl (C=O) groups is 6. The van der Waals surface area contributed by atoms with Crippen LogP contribution in [-0.4, -0.2) is 158 Å². The topological polar surface area (TPSA) is 263 Å². The van der Waals surface area contributed by atoms with E-state index >= 15 is 0 Å². The second-order valence-corrected chi connectivity index (χ2v) is 23.7. The monoisotopic (exact) mass is 1200 g/mol. The lowest BCUT2D eigenvalue weighted by molar-refractivity contribution is -0.189. The van der Waals surface area contributed by atoms with E-state index in [1.54, 1.807) is 40.7 Å². The number of carbonyl (C=O) groups excluding carboxylic acids is 6. The maximum Gasteiger partial charge on any atom is 0.415 e. The van der Waals surface area contributed by atoms with Crippen molar-refractivity contribution in [1.82, 2.24) is 24.3 Å². The zero-order valence-electron chi connectivity index (χ0n) is 48.8. The quantitative estimate of drug-likeness (QED) is 0.0200. The number of piperidine rings is 2. The van der Waals surface area contributed by atoms with Crippen molar-refractivity contribution in [3.8, 4) is 40.1 Å². The maximum atomic E-state index is 14.4. The number of cyclic esters (lactones) is 1. The van der Waals surface area contributed by atoms with Crippen LogP contribution in [0.5, 0.6) is 28.7 Å². The van der Waals surface area contributed by atoms with Crippen molar-refractivity contribution in [3.05, 3.63) is 104 Å². The Morgan fingerprint density at radius 3 is 2.26 bits per heavy atom. The molecule has 7 heterocycles. The molecule has 0 radical (unpaired) electrons. The van der Waals surface area contributed by atoms with Crippen molar-refractivity contribution in [2.75, 3.05) is 71.5 Å². The predicted molar refractivity (Wildman–Crippen MR) is 318 cm³/mol. The Balaban J connectivity index is 0.642. The van der Waals surface area contributed by atoms with Crippen LogP contribution >= 0.6 is 11.8 Å². The molecule has 3 fully saturated rings. The van der Waals surface area contributed by atoms with Crippen molar-refractivity contribution < 1.29 is 72.5 Å². The third kappa shape index (κ3) is 13.7. The van der Waals surface area contributed by atoms with Crippen LogP contribution in [0, 0.1) is 0 Å². The van der Waals surface area contributed by atoms with Gasteiger partial charge in [-0.25, -0.2) is 14.6 Å². The number of nitrogens with zero attached hydrogens (tertiary/aromatic N) is 5. The van der Waals surface area contributed by atoms with Crippen LogP contribution in [0.4, 0.5) is 4.79 Å². The molecule has 5 aromatic rings. The van der Waals surface area contributed by atoms with E-state index in [0.717, 1.165) is 48.0 Å². The van der Waals surface area contributed by atoms with Gasteiger partial charge in [-0.3, -0.25) is 28.9 Å². The molecule has 3 amide bonds. The van der Waals surface area contributed by atoms with Crippen molar-refractivity contribution >= 4 is 58.3 Å². The second kappa shape index (κ2) is 27.9. The fourth-order valence-electron chi connectivity index (χ4n) is 12.4. The lowest BCUT2D eigenvalue weighted by Crippen LogP contribution is -2.48. The van der Waals surface area contributed by atoms with Crippen LogP contribution in [0.15, 0.2) is 65.5 Å². The molecule has 2 atom stereocenters. The SMILES string of the molecule is CCc1c2c(nc3ccc(OC(=O)N4CCC(N5CCCCC5)CC4)cc13)-c1cc3c(c(=O)n1C2)COC(=O)[C@@]3(CC)OC(=O)CCCCCN1C(=O)CC(SCCOCCOCCOc2cc(O)c(C(=O)CCc3ccc(O)cc3)c(O)c2)C1=O. The van der Waals surface area contributed by atoms with Gasteiger partial charge in [0.1, 0.15) is 47.5 Å². The van der Waals surface area contributed by atoms with Gasteiger partial charge in [-0.1, -0.05) is 38.8 Å². The Kier molecular flexibility index (Phi) is 20.0. The summed E-state index contributed by atoms with van der Waals surface area (Å²) in [4.78, 5) is 105. The Morgan fingerprint density at radius 2 is 1.52 bits per heavy atom. The number of pyridine rings is 2. The number of ketones is 1. The molecule has 22 heteroatoms. The molecular weight excluding hydrogens is 1130 g/mol. The van der Waals surface area contributed by atoms with E-state index in [1.165, 1.54) is 60.2 Å². The number of aromatic hydroxyl groups is 3. The minimum absolute atomic E-state index is 0.0104. The van der Waals surface area contributed by atoms with Gasteiger partial charge in [0.2, 0.25) is 17.4 Å². The first kappa shape index (κ1) is 61.6. The molecule has 0 saturated carbocycles. The molecule has 0 aliphatic carbocycles. The molecule has 86 heavy (non-hydrogen) atoms. The van der Waals surface area contributed by atoms with E-state index < -0.39 is 40.1 Å². The van der Waals surface area contributed by atoms with Gasteiger partial charge < -0.3 is 58.1 Å². The van der Waals surface area contributed by atoms with Crippen LogP contribution < -0.4 is 15.0 Å². The molecule has 10 rings (SSSR count). The Hall–Kier alpha value is -7.53. The molecule has 3 saturated heterocycles. The summed E-state index contributed by atoms with van der Waals surface area (Å²) in [6.45, 7) is 8.55. The molecule has 3 N–H and O–H groups in total. The van der Waals surface area contributed by atoms with Gasteiger partial charge in [0.25, 0.3) is 5.56 Å². The lowest BCUT2D eigenvalue weighted by atomic mass is 9.85. The van der Waals surface area contributed by atoms with Crippen LogP contribution in [0.25, 0.3) is 22.3 Å². The number of amides is 3. The third-order valence-electron chi connectivity index (χ3n) is 17.0. The maximum absolute atomic E-state index is 14.4. The summed E-state index contributed by atoms with van der Waals surface area (Å²) in [5.41, 5.74) is 2.43. The number of benzene rings is 3. The summed E-state index contributed by atoms with van der Waals surface area (Å²) in [6.07, 6.45) is 7.58. The fraction of sp³-hybridized carbons (Fsp3) is 0.500. The number of imide groups is 1. The van der Waals surface area contributed by atoms with E-state index in [9.17, 15) is 48.9 Å². The first-order valence-corrected chi connectivity index (χ1v) is 31.1. The van der Waals surface area contributed by atoms with E-state index in [0.29, 0.717) is 86.2 Å². The number of hydrogen-bond donors (Lipinski definition) is 3. The average molecular weight is 1200 g/mol. The fourth-order valence-corrected chi connectivity index (χ4v) is 13.4. The molecule has 1 unspecified atom stereocenters. The number of hydrogen-bond acceptors (Lipinski definition) is 19. The molecule has 0 bridgehead atoms. The highest BCUT2D eigenvalue weighted by atomic mass is 32.2. The zero-order chi connectivity index (χ0) is 60.5. The van der Waals surface area contributed by atoms with Gasteiger partial charge >= 0.3 is 18.0 Å². The number of Topliss-reactive ketones (excluding diaryl/α,β-unsaturated/α-hetero) is 1. The molecule has 2 aromatic heterocycles. The Labute approximate surface area is 502 Å². The number of unbranched alkanes of at least 4 members (excludes halogenated alkanes) is 2. The smallest absolute Gasteiger partial charge is 0.415 e. The minimum Gasteiger partial charge on any atom is -0.508 e. The number of aromatic nitrogens is 2. The highest BCUT2D eigenvalue weighted by Crippen LogP contribution is 2.43. The first-order chi connectivity index (χ1) is 41.7. The van der Waals surface area contributed by atoms with Gasteiger partial charge in [-0.2, -0.15) is 0 Å². The standard InChI is InChI=1S/C64H75N5O16S/c1-3-45-46-33-43(84-63(79)67-25-20-41(21-26-67)66-22-8-6-9-23-66)17-18-50(46)65-59-47(45)38-69-51(59)36-49-48(60(69)76)39-83-62(78)64(49,4-2)85-57(75)11-7-5-10-24-68-56(74)37-55(61(68)77)86-32-31-81-28-27-80-29-30-82-44-34-53(72)58(54(73)35-44)52(71)19-14-40-12-15-42(70)16-13-40/h12-13,15-18,33-36,41,55,70,72-73H,3-11,14,19-32,37-39H2,1-2H3/t55?,64-/m0/s1. The van der Waals surface area contributed by atoms with E-state index in [2.05, 4.69) is 4.90 Å². The zero-order valence-corrected chi connectivity index (χ0v) is 49.6. The van der Waals surface area contributed by atoms with Gasteiger partial charge in [-0.05, 0) is 118 Å². The Bertz CT molecular complexity index is 3390. The van der Waals surface area contributed by atoms with Crippen molar-refractivity contribution in [2.24, 2.45) is 0 Å². The molecule has 5 aliphatic heterocycles. The molecule has 5 aliphatic rings. The second-order valence-electron chi connectivity index (χ2n) is 22.4. The number of thioether (sulfide) groups is 1. The largest absolute Gasteiger partial charge is 0.508 e. The number of ether oxygens (including phenoxy) is 6. The highest BCUT2D eigenvalue weighted by Gasteiger charge is 2.50. The average Bonchev–Trinajstić information content (AvgIpc) is 1.50. The van der Waals surface area contributed by atoms with Gasteiger partial charge in [0.05, 0.1) is 60.7 Å². The van der Waals surface area contributed by atoms with Gasteiger partial charge in [-0.15, -0.1) is 11.8 Å². The summed E-state index contributed by atoms with van der Waals surface area (Å²) < 4.78 is 36.0. The van der Waals surface area contributed by atoms with Crippen LogP contribution in [0.3, 0.4) is 0 Å². The number of phenolic OH excluding ortho intramolecular Hbond substituents is 3. The molecule has 0 spiro atoms. The highest BCUT2D eigenvalue weighted by molar-refractivity contribution is 8.00. The summed E-state index contributed by atoms with van der Waals surface area (Å²) in [7, 11) is 0. The van der Waals surface area contributed by atoms with Gasteiger partial charge in [0.15, 0.2) is 5.78 Å². The third-order valence-corrected chi connectivity index (χ3v) is 18.2. The number of aryl methyl sites for hydroxylation is 2. The normalized spacial score (nSPS) is 18.7. The number of phenols is 3. The lowest BCUT2D eigenvalue weighted by Gasteiger charge is -2.39. The molecule has 458 valence electrons. The van der Waals surface area contributed by atoms with E-state index in [4.69, 9.17) is 33.4 Å². The van der Waals surface area contributed by atoms with Crippen LogP contribution in [-0.2, 0) is 69.7 Å². The Morgan fingerprint density at radius 1 is 0.791 bits per heavy atom.